The van der Waals surface area contributed by atoms with Crippen molar-refractivity contribution in [3.8, 4) is 0 Å². The number of halogens is 2. The molecule has 0 aromatic heterocycles. The number of amides is 1. The Kier molecular flexibility index (Phi) is 4.59. The van der Waals surface area contributed by atoms with Gasteiger partial charge in [0.15, 0.2) is 0 Å². The van der Waals surface area contributed by atoms with Gasteiger partial charge in [0.05, 0.1) is 0 Å². The Morgan fingerprint density at radius 2 is 1.75 bits per heavy atom. The van der Waals surface area contributed by atoms with Crippen LogP contribution in [0.25, 0.3) is 0 Å². The molecule has 0 saturated carbocycles. The monoisotopic (exact) mass is 260 g/mol. The van der Waals surface area contributed by atoms with E-state index in [4.69, 9.17) is 28.9 Å². The van der Waals surface area contributed by atoms with Crippen LogP contribution < -0.4 is 11.1 Å². The van der Waals surface area contributed by atoms with Crippen LogP contribution >= 0.6 is 23.2 Å². The van der Waals surface area contributed by atoms with Gasteiger partial charge in [0.1, 0.15) is 6.04 Å². The summed E-state index contributed by atoms with van der Waals surface area (Å²) in [4.78, 5) is 11.3. The van der Waals surface area contributed by atoms with Gasteiger partial charge < -0.3 is 5.73 Å². The summed E-state index contributed by atoms with van der Waals surface area (Å²) in [5.41, 5.74) is 6.01. The van der Waals surface area contributed by atoms with E-state index < -0.39 is 11.9 Å². The third-order valence-corrected chi connectivity index (χ3v) is 2.44. The van der Waals surface area contributed by atoms with E-state index in [0.29, 0.717) is 15.6 Å². The molecule has 1 unspecified atom stereocenters. The van der Waals surface area contributed by atoms with E-state index >= 15 is 0 Å². The number of rotatable bonds is 4. The Balaban J connectivity index is 3.05. The summed E-state index contributed by atoms with van der Waals surface area (Å²) < 4.78 is 0. The summed E-state index contributed by atoms with van der Waals surface area (Å²) in [6.45, 7) is 3.87. The first kappa shape index (κ1) is 13.3. The maximum Gasteiger partial charge on any atom is 0.239 e. The van der Waals surface area contributed by atoms with Gasteiger partial charge >= 0.3 is 0 Å². The summed E-state index contributed by atoms with van der Waals surface area (Å²) in [5.74, 6) is -0.452. The Hall–Kier alpha value is -0.770. The van der Waals surface area contributed by atoms with Crippen LogP contribution in [0.15, 0.2) is 18.2 Å². The summed E-state index contributed by atoms with van der Waals surface area (Å²) >= 11 is 11.7. The van der Waals surface area contributed by atoms with Crippen molar-refractivity contribution in [2.75, 3.05) is 0 Å². The lowest BCUT2D eigenvalue weighted by atomic mass is 10.1. The van der Waals surface area contributed by atoms with Crippen molar-refractivity contribution in [3.63, 3.8) is 0 Å². The molecule has 16 heavy (non-hydrogen) atoms. The zero-order chi connectivity index (χ0) is 12.3. The maximum absolute atomic E-state index is 11.3. The van der Waals surface area contributed by atoms with Crippen molar-refractivity contribution in [2.24, 2.45) is 5.73 Å². The quantitative estimate of drug-likeness (QED) is 0.874. The smallest absolute Gasteiger partial charge is 0.239 e. The van der Waals surface area contributed by atoms with E-state index in [1.54, 1.807) is 18.2 Å². The lowest BCUT2D eigenvalue weighted by Crippen LogP contribution is -2.37. The van der Waals surface area contributed by atoms with Gasteiger partial charge in [-0.3, -0.25) is 10.1 Å². The lowest BCUT2D eigenvalue weighted by Gasteiger charge is -2.19. The largest absolute Gasteiger partial charge is 0.368 e. The van der Waals surface area contributed by atoms with Crippen LogP contribution in [0.1, 0.15) is 25.5 Å². The molecule has 0 spiro atoms. The number of primary amides is 1. The molecule has 0 aliphatic carbocycles. The molecule has 1 amide bonds. The second kappa shape index (κ2) is 5.53. The maximum atomic E-state index is 11.3. The minimum absolute atomic E-state index is 0.134. The molecule has 1 rings (SSSR count). The average Bonchev–Trinajstić information content (AvgIpc) is 2.11. The normalized spacial score (nSPS) is 12.8. The number of carbonyl (C=O) groups excluding carboxylic acids is 1. The van der Waals surface area contributed by atoms with E-state index in [0.717, 1.165) is 0 Å². The summed E-state index contributed by atoms with van der Waals surface area (Å²) in [7, 11) is 0. The molecule has 3 nitrogen and oxygen atoms in total. The summed E-state index contributed by atoms with van der Waals surface area (Å²) in [5, 5.41) is 4.03. The Morgan fingerprint density at radius 3 is 2.12 bits per heavy atom. The van der Waals surface area contributed by atoms with E-state index in [1.807, 2.05) is 13.8 Å². The van der Waals surface area contributed by atoms with Crippen molar-refractivity contribution in [2.45, 2.75) is 25.9 Å². The fraction of sp³-hybridized carbons (Fsp3) is 0.364. The van der Waals surface area contributed by atoms with Gasteiger partial charge in [0, 0.05) is 16.1 Å². The number of benzene rings is 1. The summed E-state index contributed by atoms with van der Waals surface area (Å²) in [6, 6.07) is 4.53. The Morgan fingerprint density at radius 1 is 1.25 bits per heavy atom. The molecule has 0 aliphatic rings. The Bertz CT molecular complexity index is 373. The molecular weight excluding hydrogens is 247 g/mol. The number of hydrogen-bond donors (Lipinski definition) is 2. The molecule has 3 N–H and O–H groups in total. The number of nitrogens with two attached hydrogens (primary N) is 1. The highest BCUT2D eigenvalue weighted by molar-refractivity contribution is 6.34. The third-order valence-electron chi connectivity index (χ3n) is 2.00. The molecule has 0 radical (unpaired) electrons. The average molecular weight is 261 g/mol. The SMILES string of the molecule is CC(C)NC(C(N)=O)c1cc(Cl)cc(Cl)c1. The molecule has 0 aliphatic heterocycles. The Labute approximate surface area is 105 Å². The molecule has 0 saturated heterocycles. The lowest BCUT2D eigenvalue weighted by molar-refractivity contribution is -0.120. The molecular formula is C11H14Cl2N2O. The van der Waals surface area contributed by atoms with Crippen molar-refractivity contribution < 1.29 is 4.79 Å². The first-order chi connectivity index (χ1) is 7.40. The van der Waals surface area contributed by atoms with Crippen molar-refractivity contribution in [1.82, 2.24) is 5.32 Å². The highest BCUT2D eigenvalue weighted by Crippen LogP contribution is 2.23. The minimum Gasteiger partial charge on any atom is -0.368 e. The van der Waals surface area contributed by atoms with Crippen molar-refractivity contribution >= 4 is 29.1 Å². The van der Waals surface area contributed by atoms with Crippen LogP contribution in [0.2, 0.25) is 10.0 Å². The second-order valence-electron chi connectivity index (χ2n) is 3.86. The third kappa shape index (κ3) is 3.67. The zero-order valence-electron chi connectivity index (χ0n) is 9.13. The molecule has 0 bridgehead atoms. The summed E-state index contributed by atoms with van der Waals surface area (Å²) in [6.07, 6.45) is 0. The molecule has 88 valence electrons. The van der Waals surface area contributed by atoms with Crippen LogP contribution in [0.5, 0.6) is 0 Å². The van der Waals surface area contributed by atoms with Crippen molar-refractivity contribution in [1.29, 1.82) is 0 Å². The number of carbonyl (C=O) groups is 1. The standard InChI is InChI=1S/C11H14Cl2N2O/c1-6(2)15-10(11(14)16)7-3-8(12)5-9(13)4-7/h3-6,10,15H,1-2H3,(H2,14,16). The minimum atomic E-state index is -0.573. The number of hydrogen-bond acceptors (Lipinski definition) is 2. The van der Waals surface area contributed by atoms with Crippen LogP contribution in [0, 0.1) is 0 Å². The fourth-order valence-electron chi connectivity index (χ4n) is 1.42. The van der Waals surface area contributed by atoms with Crippen LogP contribution in [-0.4, -0.2) is 11.9 Å². The molecule has 0 fully saturated rings. The molecule has 5 heteroatoms. The predicted molar refractivity (Wildman–Crippen MR) is 66.7 cm³/mol. The molecule has 1 aromatic carbocycles. The number of nitrogens with one attached hydrogen (secondary N) is 1. The first-order valence-corrected chi connectivity index (χ1v) is 5.67. The molecule has 1 atom stereocenters. The van der Waals surface area contributed by atoms with Gasteiger partial charge in [-0.15, -0.1) is 0 Å². The van der Waals surface area contributed by atoms with Gasteiger partial charge in [0.2, 0.25) is 5.91 Å². The van der Waals surface area contributed by atoms with Crippen LogP contribution in [0.3, 0.4) is 0 Å². The molecule has 0 heterocycles. The van der Waals surface area contributed by atoms with E-state index in [9.17, 15) is 4.79 Å². The van der Waals surface area contributed by atoms with Gasteiger partial charge in [0.25, 0.3) is 0 Å². The highest BCUT2D eigenvalue weighted by Gasteiger charge is 2.19. The van der Waals surface area contributed by atoms with E-state index in [2.05, 4.69) is 5.32 Å². The van der Waals surface area contributed by atoms with E-state index in [-0.39, 0.29) is 6.04 Å². The van der Waals surface area contributed by atoms with Gasteiger partial charge in [-0.2, -0.15) is 0 Å². The molecule has 1 aromatic rings. The van der Waals surface area contributed by atoms with Crippen LogP contribution in [0.4, 0.5) is 0 Å². The topological polar surface area (TPSA) is 55.1 Å². The van der Waals surface area contributed by atoms with Gasteiger partial charge in [-0.05, 0) is 37.6 Å². The highest BCUT2D eigenvalue weighted by atomic mass is 35.5. The van der Waals surface area contributed by atoms with E-state index in [1.165, 1.54) is 0 Å². The zero-order valence-corrected chi connectivity index (χ0v) is 10.6. The van der Waals surface area contributed by atoms with Crippen LogP contribution in [-0.2, 0) is 4.79 Å². The van der Waals surface area contributed by atoms with Gasteiger partial charge in [-0.1, -0.05) is 23.2 Å². The second-order valence-corrected chi connectivity index (χ2v) is 4.73. The first-order valence-electron chi connectivity index (χ1n) is 4.91. The van der Waals surface area contributed by atoms with Crippen molar-refractivity contribution in [3.05, 3.63) is 33.8 Å². The fourth-order valence-corrected chi connectivity index (χ4v) is 1.96. The van der Waals surface area contributed by atoms with Gasteiger partial charge in [-0.25, -0.2) is 0 Å². The predicted octanol–water partition coefficient (Wildman–Crippen LogP) is 2.52.